The van der Waals surface area contributed by atoms with Crippen LogP contribution in [0.2, 0.25) is 0 Å². The van der Waals surface area contributed by atoms with Crippen molar-refractivity contribution in [1.29, 1.82) is 0 Å². The molecule has 0 bridgehead atoms. The molecular weight excluding hydrogens is 192 g/mol. The molecule has 0 aliphatic rings. The number of hydrogen-bond donors (Lipinski definition) is 2. The fourth-order valence-electron chi connectivity index (χ4n) is 1.29. The van der Waals surface area contributed by atoms with Crippen molar-refractivity contribution in [3.8, 4) is 0 Å². The van der Waals surface area contributed by atoms with E-state index in [-0.39, 0.29) is 5.56 Å². The van der Waals surface area contributed by atoms with Crippen LogP contribution in [0.25, 0.3) is 0 Å². The van der Waals surface area contributed by atoms with Gasteiger partial charge >= 0.3 is 0 Å². The van der Waals surface area contributed by atoms with Gasteiger partial charge < -0.3 is 15.2 Å². The zero-order chi connectivity index (χ0) is 11.1. The number of rotatable bonds is 6. The number of nitrogens with zero attached hydrogens (tertiary/aromatic N) is 2. The highest BCUT2D eigenvalue weighted by Gasteiger charge is 2.02. The summed E-state index contributed by atoms with van der Waals surface area (Å²) in [5.41, 5.74) is -0.0459. The van der Waals surface area contributed by atoms with E-state index in [1.165, 1.54) is 0 Å². The lowest BCUT2D eigenvalue weighted by molar-refractivity contribution is 0.649. The van der Waals surface area contributed by atoms with Crippen LogP contribution in [0.4, 0.5) is 5.82 Å². The Hall–Kier alpha value is -1.36. The molecule has 0 amide bonds. The molecule has 0 atom stereocenters. The molecule has 0 spiro atoms. The van der Waals surface area contributed by atoms with Gasteiger partial charge in [0.2, 0.25) is 0 Å². The normalized spacial score (nSPS) is 10.3. The Morgan fingerprint density at radius 2 is 2.27 bits per heavy atom. The predicted octanol–water partition coefficient (Wildman–Crippen LogP) is 0.285. The number of aromatic nitrogens is 2. The van der Waals surface area contributed by atoms with Crippen LogP contribution in [0.5, 0.6) is 0 Å². The van der Waals surface area contributed by atoms with Gasteiger partial charge in [0.15, 0.2) is 5.82 Å². The van der Waals surface area contributed by atoms with Gasteiger partial charge in [-0.1, -0.05) is 6.92 Å². The fraction of sp³-hybridized carbons (Fsp3) is 0.600. The van der Waals surface area contributed by atoms with E-state index >= 15 is 0 Å². The summed E-state index contributed by atoms with van der Waals surface area (Å²) in [4.78, 5) is 15.8. The fourth-order valence-corrected chi connectivity index (χ4v) is 1.29. The quantitative estimate of drug-likeness (QED) is 0.662. The Morgan fingerprint density at radius 3 is 2.93 bits per heavy atom. The van der Waals surface area contributed by atoms with E-state index < -0.39 is 0 Å². The van der Waals surface area contributed by atoms with Crippen LogP contribution in [0, 0.1) is 0 Å². The summed E-state index contributed by atoms with van der Waals surface area (Å²) in [5, 5.41) is 6.00. The van der Waals surface area contributed by atoms with Crippen LogP contribution in [0.3, 0.4) is 0 Å². The molecule has 0 aliphatic heterocycles. The van der Waals surface area contributed by atoms with E-state index in [0.717, 1.165) is 19.5 Å². The summed E-state index contributed by atoms with van der Waals surface area (Å²) in [7, 11) is 1.87. The lowest BCUT2D eigenvalue weighted by Crippen LogP contribution is -2.27. The second-order valence-corrected chi connectivity index (χ2v) is 3.30. The van der Waals surface area contributed by atoms with Crippen molar-refractivity contribution >= 4 is 5.82 Å². The number of likely N-dealkylation sites (N-methyl/N-ethyl adjacent to an activating group) is 1. The first-order valence-electron chi connectivity index (χ1n) is 5.23. The molecule has 0 saturated carbocycles. The maximum atomic E-state index is 11.8. The summed E-state index contributed by atoms with van der Waals surface area (Å²) in [6.07, 6.45) is 4.31. The Labute approximate surface area is 89.5 Å². The molecule has 0 saturated heterocycles. The average molecular weight is 210 g/mol. The monoisotopic (exact) mass is 210 g/mol. The Morgan fingerprint density at radius 1 is 1.47 bits per heavy atom. The van der Waals surface area contributed by atoms with Gasteiger partial charge in [0.1, 0.15) is 0 Å². The minimum Gasteiger partial charge on any atom is -0.364 e. The molecule has 2 N–H and O–H groups in total. The third-order valence-corrected chi connectivity index (χ3v) is 2.05. The van der Waals surface area contributed by atoms with Gasteiger partial charge in [-0.3, -0.25) is 4.79 Å². The molecule has 1 aromatic heterocycles. The van der Waals surface area contributed by atoms with E-state index in [0.29, 0.717) is 12.4 Å². The van der Waals surface area contributed by atoms with E-state index in [4.69, 9.17) is 0 Å². The Kier molecular flexibility index (Phi) is 4.83. The van der Waals surface area contributed by atoms with Crippen LogP contribution in [-0.2, 0) is 6.54 Å². The third kappa shape index (κ3) is 3.36. The first kappa shape index (κ1) is 11.7. The summed E-state index contributed by atoms with van der Waals surface area (Å²) in [6, 6.07) is 0. The smallest absolute Gasteiger partial charge is 0.293 e. The van der Waals surface area contributed by atoms with E-state index in [1.807, 2.05) is 14.0 Å². The van der Waals surface area contributed by atoms with Gasteiger partial charge in [-0.25, -0.2) is 4.98 Å². The summed E-state index contributed by atoms with van der Waals surface area (Å²) in [5.74, 6) is 0.432. The largest absolute Gasteiger partial charge is 0.364 e. The van der Waals surface area contributed by atoms with Crippen molar-refractivity contribution in [2.24, 2.45) is 0 Å². The first-order valence-corrected chi connectivity index (χ1v) is 5.23. The SMILES string of the molecule is CCCn1ccnc(NCCNC)c1=O. The maximum Gasteiger partial charge on any atom is 0.293 e. The maximum absolute atomic E-state index is 11.8. The summed E-state index contributed by atoms with van der Waals surface area (Å²) in [6.45, 7) is 4.29. The van der Waals surface area contributed by atoms with Crippen LogP contribution >= 0.6 is 0 Å². The molecule has 0 fully saturated rings. The minimum absolute atomic E-state index is 0.0459. The predicted molar refractivity (Wildman–Crippen MR) is 61.2 cm³/mol. The van der Waals surface area contributed by atoms with Gasteiger partial charge in [0.25, 0.3) is 5.56 Å². The topological polar surface area (TPSA) is 59.0 Å². The van der Waals surface area contributed by atoms with Crippen molar-refractivity contribution in [2.75, 3.05) is 25.5 Å². The van der Waals surface area contributed by atoms with Crippen LogP contribution < -0.4 is 16.2 Å². The zero-order valence-corrected chi connectivity index (χ0v) is 9.29. The molecule has 1 heterocycles. The summed E-state index contributed by atoms with van der Waals surface area (Å²) >= 11 is 0. The molecule has 84 valence electrons. The van der Waals surface area contributed by atoms with Crippen molar-refractivity contribution < 1.29 is 0 Å². The molecule has 1 aromatic rings. The minimum atomic E-state index is -0.0459. The highest BCUT2D eigenvalue weighted by molar-refractivity contribution is 5.30. The van der Waals surface area contributed by atoms with Gasteiger partial charge in [0.05, 0.1) is 0 Å². The van der Waals surface area contributed by atoms with E-state index in [9.17, 15) is 4.79 Å². The molecule has 0 radical (unpaired) electrons. The lowest BCUT2D eigenvalue weighted by atomic mass is 10.4. The van der Waals surface area contributed by atoms with Crippen LogP contribution in [-0.4, -0.2) is 29.7 Å². The molecule has 0 aromatic carbocycles. The number of nitrogens with one attached hydrogen (secondary N) is 2. The van der Waals surface area contributed by atoms with E-state index in [2.05, 4.69) is 15.6 Å². The van der Waals surface area contributed by atoms with Crippen molar-refractivity contribution in [1.82, 2.24) is 14.9 Å². The molecule has 5 heteroatoms. The molecular formula is C10H18N4O. The molecule has 15 heavy (non-hydrogen) atoms. The van der Waals surface area contributed by atoms with Gasteiger partial charge in [-0.2, -0.15) is 0 Å². The van der Waals surface area contributed by atoms with Gasteiger partial charge in [-0.15, -0.1) is 0 Å². The number of anilines is 1. The van der Waals surface area contributed by atoms with Crippen molar-refractivity contribution in [3.63, 3.8) is 0 Å². The van der Waals surface area contributed by atoms with Crippen LogP contribution in [0.15, 0.2) is 17.2 Å². The molecule has 1 rings (SSSR count). The second kappa shape index (κ2) is 6.19. The first-order chi connectivity index (χ1) is 7.29. The van der Waals surface area contributed by atoms with Gasteiger partial charge in [-0.05, 0) is 13.5 Å². The van der Waals surface area contributed by atoms with Gasteiger partial charge in [0, 0.05) is 32.0 Å². The molecule has 0 unspecified atom stereocenters. The highest BCUT2D eigenvalue weighted by Crippen LogP contribution is 1.93. The van der Waals surface area contributed by atoms with Crippen molar-refractivity contribution in [3.05, 3.63) is 22.7 Å². The number of hydrogen-bond acceptors (Lipinski definition) is 4. The molecule has 0 aliphatic carbocycles. The summed E-state index contributed by atoms with van der Waals surface area (Å²) < 4.78 is 1.68. The third-order valence-electron chi connectivity index (χ3n) is 2.05. The average Bonchev–Trinajstić information content (AvgIpc) is 2.24. The second-order valence-electron chi connectivity index (χ2n) is 3.30. The standard InChI is InChI=1S/C10H18N4O/c1-3-7-14-8-6-13-9(10(14)15)12-5-4-11-2/h6,8,11H,3-5,7H2,1-2H3,(H,12,13). The zero-order valence-electron chi connectivity index (χ0n) is 9.29. The number of aryl methyl sites for hydroxylation is 1. The molecule has 5 nitrogen and oxygen atoms in total. The highest BCUT2D eigenvalue weighted by atomic mass is 16.1. The van der Waals surface area contributed by atoms with E-state index in [1.54, 1.807) is 17.0 Å². The Bertz CT molecular complexity index is 348. The van der Waals surface area contributed by atoms with Crippen molar-refractivity contribution in [2.45, 2.75) is 19.9 Å². The Balaban J connectivity index is 2.71. The van der Waals surface area contributed by atoms with Crippen LogP contribution in [0.1, 0.15) is 13.3 Å². The lowest BCUT2D eigenvalue weighted by Gasteiger charge is -2.07.